The average Bonchev–Trinajstić information content (AvgIpc) is 2.54. The maximum absolute atomic E-state index is 5.87. The van der Waals surface area contributed by atoms with Gasteiger partial charge in [-0.15, -0.1) is 0 Å². The average molecular weight is 236 g/mol. The van der Waals surface area contributed by atoms with Gasteiger partial charge in [0.2, 0.25) is 0 Å². The summed E-state index contributed by atoms with van der Waals surface area (Å²) >= 11 is 5.87. The van der Waals surface area contributed by atoms with Crippen LogP contribution in [0.25, 0.3) is 11.3 Å². The molecule has 1 aromatic carbocycles. The second-order valence-corrected chi connectivity index (χ2v) is 4.18. The van der Waals surface area contributed by atoms with Crippen molar-refractivity contribution in [2.24, 2.45) is 12.8 Å². The SMILES string of the molecule is Cc1nn(C)c(-c2ccc(Cl)cc2)c1CN. The predicted octanol–water partition coefficient (Wildman–Crippen LogP) is 2.51. The fourth-order valence-corrected chi connectivity index (χ4v) is 2.04. The molecule has 0 bridgehead atoms. The van der Waals surface area contributed by atoms with Crippen molar-refractivity contribution >= 4 is 11.6 Å². The molecule has 1 heterocycles. The van der Waals surface area contributed by atoms with Crippen molar-refractivity contribution in [3.8, 4) is 11.3 Å². The number of aromatic nitrogens is 2. The Morgan fingerprint density at radius 1 is 1.31 bits per heavy atom. The van der Waals surface area contributed by atoms with E-state index >= 15 is 0 Å². The van der Waals surface area contributed by atoms with Gasteiger partial charge in [-0.1, -0.05) is 23.7 Å². The first-order valence-electron chi connectivity index (χ1n) is 5.12. The number of nitrogens with two attached hydrogens (primary N) is 1. The molecule has 4 heteroatoms. The third kappa shape index (κ3) is 1.84. The zero-order chi connectivity index (χ0) is 11.7. The van der Waals surface area contributed by atoms with Crippen LogP contribution in [0.15, 0.2) is 24.3 Å². The molecule has 0 saturated carbocycles. The third-order valence-corrected chi connectivity index (χ3v) is 2.92. The summed E-state index contributed by atoms with van der Waals surface area (Å²) in [4.78, 5) is 0. The van der Waals surface area contributed by atoms with Gasteiger partial charge in [-0.25, -0.2) is 0 Å². The van der Waals surface area contributed by atoms with E-state index in [-0.39, 0.29) is 0 Å². The summed E-state index contributed by atoms with van der Waals surface area (Å²) in [6.45, 7) is 2.47. The van der Waals surface area contributed by atoms with E-state index in [2.05, 4.69) is 5.10 Å². The largest absolute Gasteiger partial charge is 0.326 e. The highest BCUT2D eigenvalue weighted by molar-refractivity contribution is 6.30. The van der Waals surface area contributed by atoms with Gasteiger partial charge >= 0.3 is 0 Å². The number of nitrogens with zero attached hydrogens (tertiary/aromatic N) is 2. The number of rotatable bonds is 2. The molecule has 2 N–H and O–H groups in total. The molecule has 16 heavy (non-hydrogen) atoms. The van der Waals surface area contributed by atoms with Crippen LogP contribution in [0.4, 0.5) is 0 Å². The van der Waals surface area contributed by atoms with Gasteiger partial charge in [-0.3, -0.25) is 4.68 Å². The van der Waals surface area contributed by atoms with Crippen molar-refractivity contribution in [3.63, 3.8) is 0 Å². The van der Waals surface area contributed by atoms with Gasteiger partial charge in [-0.2, -0.15) is 5.10 Å². The Balaban J connectivity index is 2.59. The van der Waals surface area contributed by atoms with Crippen LogP contribution in [0.5, 0.6) is 0 Å². The van der Waals surface area contributed by atoms with E-state index in [0.717, 1.165) is 27.5 Å². The second kappa shape index (κ2) is 4.28. The maximum Gasteiger partial charge on any atom is 0.0726 e. The summed E-state index contributed by atoms with van der Waals surface area (Å²) in [7, 11) is 1.93. The molecule has 0 fully saturated rings. The summed E-state index contributed by atoms with van der Waals surface area (Å²) < 4.78 is 1.86. The van der Waals surface area contributed by atoms with E-state index in [0.29, 0.717) is 6.54 Å². The van der Waals surface area contributed by atoms with Gasteiger partial charge in [0.25, 0.3) is 0 Å². The molecule has 0 radical (unpaired) electrons. The topological polar surface area (TPSA) is 43.8 Å². The zero-order valence-electron chi connectivity index (χ0n) is 9.37. The van der Waals surface area contributed by atoms with E-state index < -0.39 is 0 Å². The van der Waals surface area contributed by atoms with Crippen molar-refractivity contribution in [1.82, 2.24) is 9.78 Å². The zero-order valence-corrected chi connectivity index (χ0v) is 10.1. The normalized spacial score (nSPS) is 10.8. The fourth-order valence-electron chi connectivity index (χ4n) is 1.92. The molecule has 1 aromatic heterocycles. The highest BCUT2D eigenvalue weighted by atomic mass is 35.5. The van der Waals surface area contributed by atoms with Gasteiger partial charge < -0.3 is 5.73 Å². The Morgan fingerprint density at radius 2 is 1.94 bits per heavy atom. The van der Waals surface area contributed by atoms with Gasteiger partial charge in [0, 0.05) is 29.7 Å². The summed E-state index contributed by atoms with van der Waals surface area (Å²) in [6.07, 6.45) is 0. The van der Waals surface area contributed by atoms with Crippen LogP contribution in [0.1, 0.15) is 11.3 Å². The highest BCUT2D eigenvalue weighted by Crippen LogP contribution is 2.26. The quantitative estimate of drug-likeness (QED) is 0.869. The Labute approximate surface area is 99.8 Å². The smallest absolute Gasteiger partial charge is 0.0726 e. The van der Waals surface area contributed by atoms with Crippen LogP contribution >= 0.6 is 11.6 Å². The minimum absolute atomic E-state index is 0.498. The van der Waals surface area contributed by atoms with Gasteiger partial charge in [0.1, 0.15) is 0 Å². The highest BCUT2D eigenvalue weighted by Gasteiger charge is 2.13. The molecule has 2 aromatic rings. The molecule has 0 amide bonds. The van der Waals surface area contributed by atoms with E-state index in [4.69, 9.17) is 17.3 Å². The van der Waals surface area contributed by atoms with Crippen molar-refractivity contribution < 1.29 is 0 Å². The van der Waals surface area contributed by atoms with Crippen LogP contribution in [-0.4, -0.2) is 9.78 Å². The molecule has 0 saturated heterocycles. The molecule has 0 atom stereocenters. The van der Waals surface area contributed by atoms with E-state index in [1.165, 1.54) is 0 Å². The molecule has 84 valence electrons. The van der Waals surface area contributed by atoms with Gasteiger partial charge in [0.05, 0.1) is 11.4 Å². The molecule has 0 aliphatic rings. The van der Waals surface area contributed by atoms with Crippen LogP contribution in [0.2, 0.25) is 5.02 Å². The third-order valence-electron chi connectivity index (χ3n) is 2.67. The van der Waals surface area contributed by atoms with E-state index in [1.54, 1.807) is 0 Å². The molecule has 0 unspecified atom stereocenters. The fraction of sp³-hybridized carbons (Fsp3) is 0.250. The molecule has 0 spiro atoms. The minimum Gasteiger partial charge on any atom is -0.326 e. The molecular formula is C12H14ClN3. The molecule has 3 nitrogen and oxygen atoms in total. The summed E-state index contributed by atoms with van der Waals surface area (Å²) in [5.41, 5.74) is 9.98. The lowest BCUT2D eigenvalue weighted by Crippen LogP contribution is -2.00. The molecule has 2 rings (SSSR count). The van der Waals surface area contributed by atoms with Crippen molar-refractivity contribution in [1.29, 1.82) is 0 Å². The Morgan fingerprint density at radius 3 is 2.50 bits per heavy atom. The molecular weight excluding hydrogens is 222 g/mol. The monoisotopic (exact) mass is 235 g/mol. The second-order valence-electron chi connectivity index (χ2n) is 3.75. The minimum atomic E-state index is 0.498. The number of halogens is 1. The van der Waals surface area contributed by atoms with Gasteiger partial charge in [0.15, 0.2) is 0 Å². The summed E-state index contributed by atoms with van der Waals surface area (Å²) in [5.74, 6) is 0. The first kappa shape index (κ1) is 11.2. The number of benzene rings is 1. The standard InChI is InChI=1S/C12H14ClN3/c1-8-11(7-14)12(16(2)15-8)9-3-5-10(13)6-4-9/h3-6H,7,14H2,1-2H3. The summed E-state index contributed by atoms with van der Waals surface area (Å²) in [5, 5.41) is 5.12. The van der Waals surface area contributed by atoms with Crippen LogP contribution in [0, 0.1) is 6.92 Å². The van der Waals surface area contributed by atoms with Crippen molar-refractivity contribution in [3.05, 3.63) is 40.5 Å². The number of hydrogen-bond donors (Lipinski definition) is 1. The van der Waals surface area contributed by atoms with E-state index in [9.17, 15) is 0 Å². The Kier molecular flexibility index (Phi) is 2.99. The predicted molar refractivity (Wildman–Crippen MR) is 66.3 cm³/mol. The van der Waals surface area contributed by atoms with Crippen molar-refractivity contribution in [2.75, 3.05) is 0 Å². The lowest BCUT2D eigenvalue weighted by Gasteiger charge is -2.05. The first-order valence-corrected chi connectivity index (χ1v) is 5.49. The number of hydrogen-bond acceptors (Lipinski definition) is 2. The first-order chi connectivity index (χ1) is 7.63. The van der Waals surface area contributed by atoms with Crippen LogP contribution in [-0.2, 0) is 13.6 Å². The number of aryl methyl sites for hydroxylation is 2. The maximum atomic E-state index is 5.87. The van der Waals surface area contributed by atoms with Crippen LogP contribution < -0.4 is 5.73 Å². The van der Waals surface area contributed by atoms with Gasteiger partial charge in [-0.05, 0) is 19.1 Å². The summed E-state index contributed by atoms with van der Waals surface area (Å²) in [6, 6.07) is 7.72. The van der Waals surface area contributed by atoms with Crippen molar-refractivity contribution in [2.45, 2.75) is 13.5 Å². The van der Waals surface area contributed by atoms with Crippen LogP contribution in [0.3, 0.4) is 0 Å². The lowest BCUT2D eigenvalue weighted by molar-refractivity contribution is 0.764. The molecule has 0 aliphatic carbocycles. The lowest BCUT2D eigenvalue weighted by atomic mass is 10.1. The van der Waals surface area contributed by atoms with E-state index in [1.807, 2.05) is 42.9 Å². The Hall–Kier alpha value is -1.32. The Bertz CT molecular complexity index is 500. The molecule has 0 aliphatic heterocycles.